The van der Waals surface area contributed by atoms with E-state index in [9.17, 15) is 9.90 Å². The van der Waals surface area contributed by atoms with E-state index in [2.05, 4.69) is 15.3 Å². The highest BCUT2D eigenvalue weighted by atomic mass is 16.5. The molecule has 2 N–H and O–H groups in total. The van der Waals surface area contributed by atoms with Gasteiger partial charge >= 0.3 is 0 Å². The van der Waals surface area contributed by atoms with E-state index >= 15 is 0 Å². The van der Waals surface area contributed by atoms with E-state index in [-0.39, 0.29) is 5.91 Å². The predicted molar refractivity (Wildman–Crippen MR) is 76.1 cm³/mol. The lowest BCUT2D eigenvalue weighted by molar-refractivity contribution is -0.142. The molecule has 2 atom stereocenters. The van der Waals surface area contributed by atoms with Gasteiger partial charge in [0.25, 0.3) is 0 Å². The molecule has 21 heavy (non-hydrogen) atoms. The Balaban J connectivity index is 1.83. The quantitative estimate of drug-likeness (QED) is 0.795. The Morgan fingerprint density at radius 2 is 2.24 bits per heavy atom. The molecule has 3 heterocycles. The van der Waals surface area contributed by atoms with Crippen LogP contribution in [0, 0.1) is 5.41 Å². The van der Waals surface area contributed by atoms with Gasteiger partial charge in [0, 0.05) is 19.6 Å². The van der Waals surface area contributed by atoms with Crippen molar-refractivity contribution in [2.45, 2.75) is 25.4 Å². The number of nitrogens with one attached hydrogen (secondary N) is 1. The zero-order valence-electron chi connectivity index (χ0n) is 12.1. The minimum Gasteiger partial charge on any atom is -0.494 e. The molecule has 0 aliphatic carbocycles. The van der Waals surface area contributed by atoms with Gasteiger partial charge in [0.05, 0.1) is 31.0 Å². The monoisotopic (exact) mass is 292 g/mol. The number of carbonyl (C=O) groups is 1. The molecule has 2 aliphatic heterocycles. The fourth-order valence-corrected chi connectivity index (χ4v) is 3.19. The molecule has 0 saturated carbocycles. The number of methoxy groups -OCH3 is 1. The van der Waals surface area contributed by atoms with Crippen molar-refractivity contribution in [3.05, 3.63) is 12.4 Å². The first-order chi connectivity index (χ1) is 10.2. The number of amides is 1. The third-order valence-electron chi connectivity index (χ3n) is 4.45. The van der Waals surface area contributed by atoms with Crippen molar-refractivity contribution in [3.8, 4) is 5.75 Å². The van der Waals surface area contributed by atoms with Gasteiger partial charge in [-0.1, -0.05) is 0 Å². The van der Waals surface area contributed by atoms with Crippen molar-refractivity contribution in [2.24, 2.45) is 5.41 Å². The minimum absolute atomic E-state index is 0.0561. The molecule has 7 nitrogen and oxygen atoms in total. The molecule has 2 fully saturated rings. The van der Waals surface area contributed by atoms with Gasteiger partial charge in [0.1, 0.15) is 0 Å². The second kappa shape index (κ2) is 5.48. The van der Waals surface area contributed by atoms with Crippen LogP contribution in [0.25, 0.3) is 0 Å². The highest BCUT2D eigenvalue weighted by molar-refractivity contribution is 5.85. The van der Waals surface area contributed by atoms with E-state index in [0.717, 1.165) is 6.42 Å². The van der Waals surface area contributed by atoms with Crippen LogP contribution in [0.5, 0.6) is 5.75 Å². The summed E-state index contributed by atoms with van der Waals surface area (Å²) in [7, 11) is 1.57. The molecule has 1 amide bonds. The second-order valence-corrected chi connectivity index (χ2v) is 5.66. The Morgan fingerprint density at radius 1 is 1.48 bits per heavy atom. The highest BCUT2D eigenvalue weighted by Crippen LogP contribution is 2.38. The van der Waals surface area contributed by atoms with Gasteiger partial charge in [0.2, 0.25) is 11.9 Å². The molecular formula is C14H20N4O3. The van der Waals surface area contributed by atoms with Gasteiger partial charge < -0.3 is 20.1 Å². The Hall–Kier alpha value is -1.89. The van der Waals surface area contributed by atoms with Crippen LogP contribution in [-0.2, 0) is 4.79 Å². The minimum atomic E-state index is -0.736. The lowest BCUT2D eigenvalue weighted by Gasteiger charge is -2.46. The highest BCUT2D eigenvalue weighted by Gasteiger charge is 2.50. The van der Waals surface area contributed by atoms with Crippen molar-refractivity contribution >= 4 is 11.9 Å². The Morgan fingerprint density at radius 3 is 2.90 bits per heavy atom. The van der Waals surface area contributed by atoms with Gasteiger partial charge in [-0.15, -0.1) is 0 Å². The summed E-state index contributed by atoms with van der Waals surface area (Å²) in [5, 5.41) is 13.2. The van der Waals surface area contributed by atoms with E-state index in [1.54, 1.807) is 19.5 Å². The largest absolute Gasteiger partial charge is 0.494 e. The van der Waals surface area contributed by atoms with Crippen LogP contribution in [0.4, 0.5) is 5.95 Å². The molecule has 2 aliphatic rings. The molecule has 1 spiro atoms. The van der Waals surface area contributed by atoms with Crippen molar-refractivity contribution in [1.82, 2.24) is 15.3 Å². The first-order valence-electron chi connectivity index (χ1n) is 7.23. The first-order valence-corrected chi connectivity index (χ1v) is 7.23. The molecule has 0 unspecified atom stereocenters. The zero-order chi connectivity index (χ0) is 14.9. The number of aliphatic hydroxyl groups is 1. The average Bonchev–Trinajstić information content (AvgIpc) is 2.53. The summed E-state index contributed by atoms with van der Waals surface area (Å²) >= 11 is 0. The maximum absolute atomic E-state index is 12.3. The molecule has 2 saturated heterocycles. The lowest BCUT2D eigenvalue weighted by Crippen LogP contribution is -2.61. The normalized spacial score (nSPS) is 29.3. The van der Waals surface area contributed by atoms with Crippen LogP contribution in [0.15, 0.2) is 12.4 Å². The number of carbonyl (C=O) groups excluding carboxylic acids is 1. The number of rotatable bonds is 2. The van der Waals surface area contributed by atoms with Crippen LogP contribution in [0.1, 0.15) is 19.3 Å². The molecule has 3 rings (SSSR count). The maximum atomic E-state index is 12.3. The molecule has 0 bridgehead atoms. The average molecular weight is 292 g/mol. The number of hydrogen-bond donors (Lipinski definition) is 2. The zero-order valence-corrected chi connectivity index (χ0v) is 12.1. The molecule has 1 aromatic rings. The number of nitrogens with zero attached hydrogens (tertiary/aromatic N) is 3. The number of aliphatic hydroxyl groups excluding tert-OH is 1. The lowest BCUT2D eigenvalue weighted by atomic mass is 9.71. The summed E-state index contributed by atoms with van der Waals surface area (Å²) in [6.45, 7) is 1.78. The van der Waals surface area contributed by atoms with E-state index in [1.807, 2.05) is 4.90 Å². The first kappa shape index (κ1) is 14.1. The van der Waals surface area contributed by atoms with Crippen LogP contribution in [0.3, 0.4) is 0 Å². The number of anilines is 1. The number of aromatic nitrogens is 2. The van der Waals surface area contributed by atoms with Crippen molar-refractivity contribution in [1.29, 1.82) is 0 Å². The molecule has 7 heteroatoms. The van der Waals surface area contributed by atoms with Crippen LogP contribution in [-0.4, -0.2) is 53.8 Å². The van der Waals surface area contributed by atoms with Gasteiger partial charge in [-0.05, 0) is 19.3 Å². The second-order valence-electron chi connectivity index (χ2n) is 5.66. The molecule has 114 valence electrons. The van der Waals surface area contributed by atoms with Crippen molar-refractivity contribution in [2.75, 3.05) is 31.6 Å². The summed E-state index contributed by atoms with van der Waals surface area (Å²) in [6, 6.07) is 0. The summed E-state index contributed by atoms with van der Waals surface area (Å²) in [4.78, 5) is 22.8. The Kier molecular flexibility index (Phi) is 3.67. The van der Waals surface area contributed by atoms with Gasteiger partial charge in [-0.3, -0.25) is 4.79 Å². The number of piperidine rings is 2. The molecule has 0 aromatic carbocycles. The number of hydrogen-bond acceptors (Lipinski definition) is 6. The smallest absolute Gasteiger partial charge is 0.230 e. The summed E-state index contributed by atoms with van der Waals surface area (Å²) < 4.78 is 5.05. The standard InChI is InChI=1S/C14H20N4O3/c1-21-10-7-16-13(17-8-10)18-6-3-11(19)14(9-18)4-2-5-15-12(14)20/h7-8,11,19H,2-6,9H2,1H3,(H,15,20)/t11-,14-/m1/s1. The van der Waals surface area contributed by atoms with E-state index < -0.39 is 11.5 Å². The van der Waals surface area contributed by atoms with Crippen LogP contribution < -0.4 is 15.0 Å². The van der Waals surface area contributed by atoms with Crippen molar-refractivity contribution in [3.63, 3.8) is 0 Å². The summed E-state index contributed by atoms with van der Waals surface area (Å²) in [5.41, 5.74) is -0.736. The molecule has 0 radical (unpaired) electrons. The summed E-state index contributed by atoms with van der Waals surface area (Å²) in [5.74, 6) is 1.11. The van der Waals surface area contributed by atoms with Crippen molar-refractivity contribution < 1.29 is 14.6 Å². The van der Waals surface area contributed by atoms with Gasteiger partial charge in [-0.2, -0.15) is 0 Å². The van der Waals surface area contributed by atoms with Gasteiger partial charge in [0.15, 0.2) is 5.75 Å². The Labute approximate surface area is 123 Å². The fourth-order valence-electron chi connectivity index (χ4n) is 3.19. The van der Waals surface area contributed by atoms with E-state index in [0.29, 0.717) is 44.2 Å². The maximum Gasteiger partial charge on any atom is 0.230 e. The fraction of sp³-hybridized carbons (Fsp3) is 0.643. The van der Waals surface area contributed by atoms with Crippen LogP contribution in [0.2, 0.25) is 0 Å². The number of ether oxygens (including phenoxy) is 1. The Bertz CT molecular complexity index is 521. The summed E-state index contributed by atoms with van der Waals surface area (Å²) in [6.07, 6.45) is 4.75. The topological polar surface area (TPSA) is 87.6 Å². The third kappa shape index (κ3) is 2.42. The van der Waals surface area contributed by atoms with E-state index in [4.69, 9.17) is 4.74 Å². The predicted octanol–water partition coefficient (Wildman–Crippen LogP) is -0.0474. The SMILES string of the molecule is COc1cnc(N2CC[C@@H](O)[C@@]3(CCCNC3=O)C2)nc1. The van der Waals surface area contributed by atoms with Crippen LogP contribution >= 0.6 is 0 Å². The molecular weight excluding hydrogens is 272 g/mol. The third-order valence-corrected chi connectivity index (χ3v) is 4.45. The molecule has 1 aromatic heterocycles. The van der Waals surface area contributed by atoms with Gasteiger partial charge in [-0.25, -0.2) is 9.97 Å². The van der Waals surface area contributed by atoms with E-state index in [1.165, 1.54) is 0 Å².